The molecule has 72 valence electrons. The fraction of sp³-hybridized carbons (Fsp3) is 0.700. The van der Waals surface area contributed by atoms with Crippen LogP contribution in [0.25, 0.3) is 5.53 Å². The molecule has 4 unspecified atom stereocenters. The van der Waals surface area contributed by atoms with Crippen molar-refractivity contribution in [2.24, 2.45) is 23.7 Å². The Morgan fingerprint density at radius 2 is 1.57 bits per heavy atom. The topological polar surface area (TPSA) is 70.5 Å². The molecule has 0 heterocycles. The third-order valence-electron chi connectivity index (χ3n) is 4.09. The van der Waals surface area contributed by atoms with E-state index in [-0.39, 0.29) is 29.1 Å². The van der Waals surface area contributed by atoms with Crippen LogP contribution in [0.3, 0.4) is 0 Å². The molecular formula is C10H10N2O2. The summed E-state index contributed by atoms with van der Waals surface area (Å²) >= 11 is 0. The molecule has 4 atom stereocenters. The summed E-state index contributed by atoms with van der Waals surface area (Å²) in [5, 5.41) is 0. The van der Waals surface area contributed by atoms with Crippen LogP contribution in [-0.4, -0.2) is 22.1 Å². The van der Waals surface area contributed by atoms with Crippen molar-refractivity contribution < 1.29 is 14.4 Å². The van der Waals surface area contributed by atoms with Gasteiger partial charge >= 0.3 is 5.71 Å². The van der Waals surface area contributed by atoms with Crippen molar-refractivity contribution in [3.8, 4) is 0 Å². The van der Waals surface area contributed by atoms with Crippen molar-refractivity contribution >= 4 is 17.3 Å². The summed E-state index contributed by atoms with van der Waals surface area (Å²) < 4.78 is 0. The van der Waals surface area contributed by atoms with E-state index in [9.17, 15) is 9.59 Å². The van der Waals surface area contributed by atoms with Gasteiger partial charge < -0.3 is 5.53 Å². The first-order valence-electron chi connectivity index (χ1n) is 5.04. The maximum absolute atomic E-state index is 11.7. The molecule has 3 rings (SSSR count). The largest absolute Gasteiger partial charge is 0.400 e. The maximum Gasteiger partial charge on any atom is 0.400 e. The molecule has 0 aromatic carbocycles. The van der Waals surface area contributed by atoms with Crippen LogP contribution in [0.4, 0.5) is 0 Å². The zero-order chi connectivity index (χ0) is 9.87. The van der Waals surface area contributed by atoms with Gasteiger partial charge in [-0.1, -0.05) is 0 Å². The van der Waals surface area contributed by atoms with Gasteiger partial charge in [0.15, 0.2) is 0 Å². The van der Waals surface area contributed by atoms with Crippen molar-refractivity contribution in [2.75, 3.05) is 0 Å². The Kier molecular flexibility index (Phi) is 1.38. The quantitative estimate of drug-likeness (QED) is 0.411. The SMILES string of the molecule is [N-]=[N+]=C1C(=O)C2C3CCC(C3)C2C1=O. The highest BCUT2D eigenvalue weighted by Gasteiger charge is 2.63. The molecule has 3 aliphatic rings. The Morgan fingerprint density at radius 3 is 2.00 bits per heavy atom. The van der Waals surface area contributed by atoms with Gasteiger partial charge in [0.2, 0.25) is 0 Å². The lowest BCUT2D eigenvalue weighted by Gasteiger charge is -2.19. The molecular weight excluding hydrogens is 180 g/mol. The summed E-state index contributed by atoms with van der Waals surface area (Å²) in [7, 11) is 0. The van der Waals surface area contributed by atoms with Crippen LogP contribution < -0.4 is 0 Å². The van der Waals surface area contributed by atoms with Crippen LogP contribution in [0.5, 0.6) is 0 Å². The third-order valence-corrected chi connectivity index (χ3v) is 4.09. The minimum Gasteiger partial charge on any atom is -0.360 e. The van der Waals surface area contributed by atoms with Gasteiger partial charge in [-0.2, -0.15) is 4.79 Å². The monoisotopic (exact) mass is 190 g/mol. The fourth-order valence-corrected chi connectivity index (χ4v) is 3.58. The van der Waals surface area contributed by atoms with Crippen LogP contribution >= 0.6 is 0 Å². The molecule has 3 aliphatic carbocycles. The smallest absolute Gasteiger partial charge is 0.360 e. The van der Waals surface area contributed by atoms with E-state index in [0.29, 0.717) is 11.8 Å². The zero-order valence-electron chi connectivity index (χ0n) is 7.64. The second-order valence-corrected chi connectivity index (χ2v) is 4.56. The van der Waals surface area contributed by atoms with Gasteiger partial charge in [-0.25, -0.2) is 0 Å². The van der Waals surface area contributed by atoms with Crippen molar-refractivity contribution in [1.29, 1.82) is 0 Å². The van der Waals surface area contributed by atoms with Gasteiger partial charge in [-0.05, 0) is 31.1 Å². The molecule has 0 aromatic heterocycles. The van der Waals surface area contributed by atoms with E-state index in [1.165, 1.54) is 0 Å². The molecule has 0 amide bonds. The molecule has 0 saturated heterocycles. The predicted molar refractivity (Wildman–Crippen MR) is 46.5 cm³/mol. The lowest BCUT2D eigenvalue weighted by molar-refractivity contribution is -0.121. The molecule has 4 nitrogen and oxygen atoms in total. The number of fused-ring (bicyclic) bond motifs is 5. The standard InChI is InChI=1S/C10H10N2O2/c11-12-8-9(13)6-4-1-2-5(3-4)7(6)10(8)14/h4-7H,1-3H2. The highest BCUT2D eigenvalue weighted by atomic mass is 16.2. The van der Waals surface area contributed by atoms with E-state index in [4.69, 9.17) is 5.53 Å². The van der Waals surface area contributed by atoms with Gasteiger partial charge in [0.05, 0.1) is 0 Å². The first-order chi connectivity index (χ1) is 6.74. The fourth-order valence-electron chi connectivity index (χ4n) is 3.58. The van der Waals surface area contributed by atoms with E-state index < -0.39 is 0 Å². The second kappa shape index (κ2) is 2.39. The molecule has 0 radical (unpaired) electrons. The number of rotatable bonds is 0. The number of Topliss-reactive ketones (excluding diaryl/α,β-unsaturated/α-hetero) is 2. The van der Waals surface area contributed by atoms with Crippen molar-refractivity contribution in [2.45, 2.75) is 19.3 Å². The minimum absolute atomic E-state index is 0.146. The Bertz CT molecular complexity index is 365. The Morgan fingerprint density at radius 1 is 1.07 bits per heavy atom. The second-order valence-electron chi connectivity index (χ2n) is 4.56. The number of carbonyl (C=O) groups is 2. The summed E-state index contributed by atoms with van der Waals surface area (Å²) in [6.07, 6.45) is 3.14. The summed E-state index contributed by atoms with van der Waals surface area (Å²) in [6, 6.07) is 0. The van der Waals surface area contributed by atoms with E-state index in [1.54, 1.807) is 0 Å². The van der Waals surface area contributed by atoms with Crippen LogP contribution in [0.2, 0.25) is 0 Å². The predicted octanol–water partition coefficient (Wildman–Crippen LogP) is 0.471. The summed E-state index contributed by atoms with van der Waals surface area (Å²) in [6.45, 7) is 0. The summed E-state index contributed by atoms with van der Waals surface area (Å²) in [5.41, 5.74) is 8.40. The van der Waals surface area contributed by atoms with E-state index >= 15 is 0 Å². The maximum atomic E-state index is 11.7. The molecule has 4 heteroatoms. The van der Waals surface area contributed by atoms with Gasteiger partial charge in [-0.15, -0.1) is 0 Å². The average Bonchev–Trinajstić information content (AvgIpc) is 2.80. The molecule has 0 N–H and O–H groups in total. The zero-order valence-corrected chi connectivity index (χ0v) is 7.64. The summed E-state index contributed by atoms with van der Waals surface area (Å²) in [5.74, 6) is 0.0325. The number of hydrogen-bond donors (Lipinski definition) is 0. The van der Waals surface area contributed by atoms with Crippen LogP contribution in [0.1, 0.15) is 19.3 Å². The minimum atomic E-state index is -0.213. The highest BCUT2D eigenvalue weighted by molar-refractivity contribution is 6.68. The normalized spacial score (nSPS) is 44.4. The lowest BCUT2D eigenvalue weighted by Crippen LogP contribution is -2.24. The number of hydrogen-bond acceptors (Lipinski definition) is 2. The molecule has 3 fully saturated rings. The van der Waals surface area contributed by atoms with Crippen molar-refractivity contribution in [3.05, 3.63) is 5.53 Å². The highest BCUT2D eigenvalue weighted by Crippen LogP contribution is 2.55. The van der Waals surface area contributed by atoms with Crippen LogP contribution in [0.15, 0.2) is 0 Å². The van der Waals surface area contributed by atoms with Gasteiger partial charge in [0.1, 0.15) is 0 Å². The van der Waals surface area contributed by atoms with Gasteiger partial charge in [0.25, 0.3) is 11.6 Å². The van der Waals surface area contributed by atoms with Crippen molar-refractivity contribution in [1.82, 2.24) is 0 Å². The molecule has 0 aliphatic heterocycles. The average molecular weight is 190 g/mol. The number of ketones is 2. The Balaban J connectivity index is 2.11. The molecule has 0 aromatic rings. The molecule has 14 heavy (non-hydrogen) atoms. The van der Waals surface area contributed by atoms with Crippen LogP contribution in [-0.2, 0) is 9.59 Å². The van der Waals surface area contributed by atoms with E-state index in [1.807, 2.05) is 0 Å². The third kappa shape index (κ3) is 0.712. The first kappa shape index (κ1) is 8.06. The molecule has 2 bridgehead atoms. The van der Waals surface area contributed by atoms with Gasteiger partial charge in [0, 0.05) is 11.8 Å². The Hall–Kier alpha value is -1.28. The van der Waals surface area contributed by atoms with Crippen molar-refractivity contribution in [3.63, 3.8) is 0 Å². The molecule has 3 saturated carbocycles. The summed E-state index contributed by atoms with van der Waals surface area (Å²) in [4.78, 5) is 26.3. The van der Waals surface area contributed by atoms with E-state index in [0.717, 1.165) is 19.3 Å². The number of nitrogens with zero attached hydrogens (tertiary/aromatic N) is 2. The Labute approximate surface area is 80.9 Å². The molecule has 0 spiro atoms. The van der Waals surface area contributed by atoms with E-state index in [2.05, 4.69) is 4.79 Å². The first-order valence-corrected chi connectivity index (χ1v) is 5.04. The van der Waals surface area contributed by atoms with Gasteiger partial charge in [-0.3, -0.25) is 9.59 Å². The lowest BCUT2D eigenvalue weighted by atomic mass is 9.81. The number of carbonyl (C=O) groups excluding carboxylic acids is 2. The van der Waals surface area contributed by atoms with Crippen LogP contribution in [0, 0.1) is 23.7 Å².